The van der Waals surface area contributed by atoms with Crippen LogP contribution in [0.2, 0.25) is 0 Å². The fraction of sp³-hybridized carbons (Fsp3) is 0.556. The number of halogens is 2. The molecule has 1 aliphatic heterocycles. The van der Waals surface area contributed by atoms with E-state index in [0.29, 0.717) is 4.57 Å². The van der Waals surface area contributed by atoms with Crippen LogP contribution < -0.4 is 11.4 Å². The minimum Gasteiger partial charge on any atom is -0.394 e. The van der Waals surface area contributed by atoms with Gasteiger partial charge in [-0.3, -0.25) is 4.57 Å². The van der Waals surface area contributed by atoms with Crippen molar-refractivity contribution in [3.63, 3.8) is 0 Å². The SMILES string of the molecule is Nc1ccn([C@H]2O[C@H](CO)[C@H](O)C2(F)F)c(=O)n1. The molecule has 0 amide bonds. The molecule has 0 aromatic carbocycles. The maximum absolute atomic E-state index is 13.7. The van der Waals surface area contributed by atoms with Gasteiger partial charge in [0.2, 0.25) is 6.23 Å². The van der Waals surface area contributed by atoms with Gasteiger partial charge in [-0.25, -0.2) is 4.79 Å². The lowest BCUT2D eigenvalue weighted by molar-refractivity contribution is -0.140. The zero-order valence-electron chi connectivity index (χ0n) is 9.03. The number of rotatable bonds is 2. The van der Waals surface area contributed by atoms with Crippen LogP contribution >= 0.6 is 0 Å². The van der Waals surface area contributed by atoms with Crippen molar-refractivity contribution < 1.29 is 23.7 Å². The predicted molar refractivity (Wildman–Crippen MR) is 54.9 cm³/mol. The molecule has 4 N–H and O–H groups in total. The summed E-state index contributed by atoms with van der Waals surface area (Å²) in [5, 5.41) is 18.1. The van der Waals surface area contributed by atoms with E-state index in [4.69, 9.17) is 15.6 Å². The van der Waals surface area contributed by atoms with Crippen LogP contribution in [-0.4, -0.2) is 44.5 Å². The quantitative estimate of drug-likeness (QED) is 0.612. The molecule has 2 heterocycles. The highest BCUT2D eigenvalue weighted by atomic mass is 19.3. The molecule has 0 unspecified atom stereocenters. The number of ether oxygens (including phenoxy) is 1. The van der Waals surface area contributed by atoms with Crippen molar-refractivity contribution >= 4 is 5.82 Å². The number of nitrogens with zero attached hydrogens (tertiary/aromatic N) is 2. The molecule has 0 radical (unpaired) electrons. The van der Waals surface area contributed by atoms with Gasteiger partial charge in [0.1, 0.15) is 11.9 Å². The maximum atomic E-state index is 13.7. The van der Waals surface area contributed by atoms with Gasteiger partial charge in [-0.2, -0.15) is 13.8 Å². The third-order valence-corrected chi connectivity index (χ3v) is 2.66. The normalized spacial score (nSPS) is 30.6. The van der Waals surface area contributed by atoms with Gasteiger partial charge in [0.25, 0.3) is 0 Å². The number of nitrogen functional groups attached to an aromatic ring is 1. The second-order valence-corrected chi connectivity index (χ2v) is 3.87. The van der Waals surface area contributed by atoms with Gasteiger partial charge in [-0.05, 0) is 6.07 Å². The minimum atomic E-state index is -3.71. The summed E-state index contributed by atoms with van der Waals surface area (Å²) in [5.74, 6) is -3.83. The van der Waals surface area contributed by atoms with Crippen LogP contribution in [0, 0.1) is 0 Å². The summed E-state index contributed by atoms with van der Waals surface area (Å²) in [6.45, 7) is -0.787. The second-order valence-electron chi connectivity index (χ2n) is 3.87. The van der Waals surface area contributed by atoms with Gasteiger partial charge in [0, 0.05) is 6.20 Å². The molecule has 1 aromatic heterocycles. The van der Waals surface area contributed by atoms with Gasteiger partial charge in [0.15, 0.2) is 6.10 Å². The number of aliphatic hydroxyl groups is 2. The summed E-state index contributed by atoms with van der Waals surface area (Å²) >= 11 is 0. The molecule has 0 saturated carbocycles. The first-order chi connectivity index (χ1) is 8.37. The van der Waals surface area contributed by atoms with E-state index in [2.05, 4.69) is 4.98 Å². The zero-order chi connectivity index (χ0) is 13.5. The fourth-order valence-electron chi connectivity index (χ4n) is 1.72. The maximum Gasteiger partial charge on any atom is 0.351 e. The highest BCUT2D eigenvalue weighted by Gasteiger charge is 2.59. The van der Waals surface area contributed by atoms with Gasteiger partial charge < -0.3 is 20.7 Å². The molecule has 9 heteroatoms. The van der Waals surface area contributed by atoms with Gasteiger partial charge in [0.05, 0.1) is 6.61 Å². The van der Waals surface area contributed by atoms with Crippen LogP contribution in [0.4, 0.5) is 14.6 Å². The highest BCUT2D eigenvalue weighted by Crippen LogP contribution is 2.41. The van der Waals surface area contributed by atoms with E-state index in [9.17, 15) is 18.7 Å². The molecule has 1 aromatic rings. The van der Waals surface area contributed by atoms with Crippen molar-refractivity contribution in [2.75, 3.05) is 12.3 Å². The molecule has 1 saturated heterocycles. The Balaban J connectivity index is 2.42. The first-order valence-electron chi connectivity index (χ1n) is 5.04. The first kappa shape index (κ1) is 12.9. The van der Waals surface area contributed by atoms with E-state index >= 15 is 0 Å². The Morgan fingerprint density at radius 3 is 2.78 bits per heavy atom. The van der Waals surface area contributed by atoms with Crippen LogP contribution in [-0.2, 0) is 4.74 Å². The van der Waals surface area contributed by atoms with E-state index in [0.717, 1.165) is 12.3 Å². The summed E-state index contributed by atoms with van der Waals surface area (Å²) in [5.41, 5.74) is 4.21. The Morgan fingerprint density at radius 2 is 2.28 bits per heavy atom. The molecular formula is C9H11F2N3O4. The van der Waals surface area contributed by atoms with E-state index < -0.39 is 36.7 Å². The molecule has 0 bridgehead atoms. The summed E-state index contributed by atoms with van der Waals surface area (Å²) in [7, 11) is 0. The lowest BCUT2D eigenvalue weighted by Crippen LogP contribution is -2.41. The minimum absolute atomic E-state index is 0.114. The van der Waals surface area contributed by atoms with Crippen molar-refractivity contribution in [2.24, 2.45) is 0 Å². The number of hydrogen-bond donors (Lipinski definition) is 3. The monoisotopic (exact) mass is 263 g/mol. The molecule has 0 spiro atoms. The Morgan fingerprint density at radius 1 is 1.61 bits per heavy atom. The molecule has 18 heavy (non-hydrogen) atoms. The van der Waals surface area contributed by atoms with Crippen molar-refractivity contribution in [1.29, 1.82) is 0 Å². The van der Waals surface area contributed by atoms with E-state index in [1.807, 2.05) is 0 Å². The summed E-state index contributed by atoms with van der Waals surface area (Å²) < 4.78 is 32.7. The first-order valence-corrected chi connectivity index (χ1v) is 5.04. The molecule has 100 valence electrons. The molecule has 0 aliphatic carbocycles. The molecular weight excluding hydrogens is 252 g/mol. The summed E-state index contributed by atoms with van der Waals surface area (Å²) in [6, 6.07) is 1.15. The molecule has 1 fully saturated rings. The smallest absolute Gasteiger partial charge is 0.351 e. The summed E-state index contributed by atoms with van der Waals surface area (Å²) in [6.07, 6.45) is -4.69. The number of anilines is 1. The van der Waals surface area contributed by atoms with Gasteiger partial charge >= 0.3 is 11.6 Å². The third kappa shape index (κ3) is 1.85. The second kappa shape index (κ2) is 4.26. The predicted octanol–water partition coefficient (Wildman–Crippen LogP) is -1.29. The van der Waals surface area contributed by atoms with E-state index in [1.165, 1.54) is 0 Å². The fourth-order valence-corrected chi connectivity index (χ4v) is 1.72. The van der Waals surface area contributed by atoms with Crippen molar-refractivity contribution in [2.45, 2.75) is 24.4 Å². The van der Waals surface area contributed by atoms with Crippen molar-refractivity contribution in [3.8, 4) is 0 Å². The molecule has 1 aliphatic rings. The number of nitrogens with two attached hydrogens (primary N) is 1. The third-order valence-electron chi connectivity index (χ3n) is 2.66. The van der Waals surface area contributed by atoms with Crippen molar-refractivity contribution in [1.82, 2.24) is 9.55 Å². The van der Waals surface area contributed by atoms with Crippen LogP contribution in [0.3, 0.4) is 0 Å². The highest BCUT2D eigenvalue weighted by molar-refractivity contribution is 5.23. The number of aliphatic hydroxyl groups excluding tert-OH is 2. The number of hydrogen-bond acceptors (Lipinski definition) is 6. The average molecular weight is 263 g/mol. The largest absolute Gasteiger partial charge is 0.394 e. The standard InChI is InChI=1S/C9H11F2N3O4/c10-9(11)6(16)4(3-15)18-7(9)14-2-1-5(12)13-8(14)17/h1-2,4,6-7,15-16H,3H2,(H2,12,13,17)/t4-,6+,7+/m1/s1. The summed E-state index contributed by atoms with van der Waals surface area (Å²) in [4.78, 5) is 14.7. The lowest BCUT2D eigenvalue weighted by Gasteiger charge is -2.20. The lowest BCUT2D eigenvalue weighted by atomic mass is 10.1. The molecule has 3 atom stereocenters. The molecule has 7 nitrogen and oxygen atoms in total. The van der Waals surface area contributed by atoms with E-state index in [-0.39, 0.29) is 5.82 Å². The topological polar surface area (TPSA) is 111 Å². The van der Waals surface area contributed by atoms with Gasteiger partial charge in [-0.15, -0.1) is 0 Å². The Hall–Kier alpha value is -1.58. The average Bonchev–Trinajstić information content (AvgIpc) is 2.52. The zero-order valence-corrected chi connectivity index (χ0v) is 9.03. The Bertz CT molecular complexity index is 507. The van der Waals surface area contributed by atoms with Crippen LogP contribution in [0.5, 0.6) is 0 Å². The van der Waals surface area contributed by atoms with E-state index in [1.54, 1.807) is 0 Å². The van der Waals surface area contributed by atoms with Crippen molar-refractivity contribution in [3.05, 3.63) is 22.7 Å². The molecule has 2 rings (SSSR count). The van der Waals surface area contributed by atoms with Crippen LogP contribution in [0.1, 0.15) is 6.23 Å². The van der Waals surface area contributed by atoms with Crippen LogP contribution in [0.15, 0.2) is 17.1 Å². The number of aromatic nitrogens is 2. The van der Waals surface area contributed by atoms with Gasteiger partial charge in [-0.1, -0.05) is 0 Å². The van der Waals surface area contributed by atoms with Crippen LogP contribution in [0.25, 0.3) is 0 Å². The Labute approximate surface area is 99.4 Å². The number of alkyl halides is 2. The Kier molecular flexibility index (Phi) is 3.05.